The Labute approximate surface area is 104 Å². The lowest BCUT2D eigenvalue weighted by Gasteiger charge is -2.24. The molecule has 0 aromatic heterocycles. The summed E-state index contributed by atoms with van der Waals surface area (Å²) in [7, 11) is -0.715. The van der Waals surface area contributed by atoms with Crippen LogP contribution in [0.5, 0.6) is 0 Å². The molecule has 0 radical (unpaired) electrons. The average Bonchev–Trinajstić information content (AvgIpc) is 2.15. The molecule has 0 aliphatic heterocycles. The maximum atomic E-state index is 11.4. The lowest BCUT2D eigenvalue weighted by atomic mass is 10.3. The molecule has 92 valence electrons. The second-order valence-electron chi connectivity index (χ2n) is 4.77. The lowest BCUT2D eigenvalue weighted by molar-refractivity contribution is -0.151. The highest BCUT2D eigenvalue weighted by molar-refractivity contribution is 6.56. The van der Waals surface area contributed by atoms with Crippen LogP contribution >= 0.6 is 0 Å². The fourth-order valence-corrected chi connectivity index (χ4v) is 3.40. The first-order valence-corrected chi connectivity index (χ1v) is 7.06. The van der Waals surface area contributed by atoms with Gasteiger partial charge in [0, 0.05) is 0 Å². The van der Waals surface area contributed by atoms with E-state index in [1.807, 2.05) is 44.2 Å². The molecule has 0 atom stereocenters. The molecule has 0 spiro atoms. The molecule has 0 heterocycles. The standard InChI is InChI=1S/C13H18O3Si/c1-10(14)9-12(15)16-13(2,3)17-11-7-5-4-6-8-11/h4-8H,9,17H2,1-3H3. The number of Topliss-reactive ketones (excluding diaryl/α,β-unsaturated/α-hetero) is 1. The van der Waals surface area contributed by atoms with Crippen LogP contribution in [-0.2, 0) is 14.3 Å². The van der Waals surface area contributed by atoms with Crippen LogP contribution in [0.4, 0.5) is 0 Å². The highest BCUT2D eigenvalue weighted by Crippen LogP contribution is 2.08. The lowest BCUT2D eigenvalue weighted by Crippen LogP contribution is -2.41. The van der Waals surface area contributed by atoms with E-state index in [4.69, 9.17) is 4.74 Å². The van der Waals surface area contributed by atoms with Crippen molar-refractivity contribution in [3.05, 3.63) is 30.3 Å². The number of carbonyl (C=O) groups excluding carboxylic acids is 2. The van der Waals surface area contributed by atoms with E-state index in [-0.39, 0.29) is 12.2 Å². The maximum Gasteiger partial charge on any atom is 0.313 e. The Morgan fingerprint density at radius 1 is 1.24 bits per heavy atom. The third-order valence-corrected chi connectivity index (χ3v) is 4.13. The van der Waals surface area contributed by atoms with E-state index in [2.05, 4.69) is 0 Å². The van der Waals surface area contributed by atoms with Gasteiger partial charge in [0.1, 0.15) is 21.7 Å². The van der Waals surface area contributed by atoms with E-state index >= 15 is 0 Å². The molecule has 0 aliphatic carbocycles. The van der Waals surface area contributed by atoms with Crippen molar-refractivity contribution in [2.24, 2.45) is 0 Å². The molecular weight excluding hydrogens is 232 g/mol. The summed E-state index contributed by atoms with van der Waals surface area (Å²) in [5.74, 6) is -0.585. The van der Waals surface area contributed by atoms with Crippen LogP contribution in [0.15, 0.2) is 30.3 Å². The van der Waals surface area contributed by atoms with Gasteiger partial charge in [0.25, 0.3) is 0 Å². The Hall–Kier alpha value is -1.42. The zero-order valence-electron chi connectivity index (χ0n) is 10.5. The minimum atomic E-state index is -0.715. The van der Waals surface area contributed by atoms with Crippen LogP contribution in [0.3, 0.4) is 0 Å². The quantitative estimate of drug-likeness (QED) is 0.440. The Morgan fingerprint density at radius 2 is 1.82 bits per heavy atom. The smallest absolute Gasteiger partial charge is 0.313 e. The molecule has 1 rings (SSSR count). The van der Waals surface area contributed by atoms with Gasteiger partial charge in [0.2, 0.25) is 0 Å². The number of benzene rings is 1. The van der Waals surface area contributed by atoms with E-state index in [0.29, 0.717) is 0 Å². The zero-order valence-corrected chi connectivity index (χ0v) is 11.9. The van der Waals surface area contributed by atoms with E-state index in [1.165, 1.54) is 12.1 Å². The third-order valence-electron chi connectivity index (χ3n) is 2.26. The largest absolute Gasteiger partial charge is 0.464 e. The third kappa shape index (κ3) is 5.45. The molecule has 0 N–H and O–H groups in total. The van der Waals surface area contributed by atoms with Crippen molar-refractivity contribution in [1.29, 1.82) is 0 Å². The van der Waals surface area contributed by atoms with Crippen LogP contribution < -0.4 is 5.19 Å². The summed E-state index contributed by atoms with van der Waals surface area (Å²) in [4.78, 5) is 22.2. The molecule has 0 amide bonds. The van der Waals surface area contributed by atoms with E-state index < -0.39 is 20.7 Å². The van der Waals surface area contributed by atoms with Gasteiger partial charge in [-0.05, 0) is 20.8 Å². The average molecular weight is 250 g/mol. The Balaban J connectivity index is 2.57. The van der Waals surface area contributed by atoms with Crippen molar-refractivity contribution >= 4 is 26.5 Å². The first-order valence-electron chi connectivity index (χ1n) is 5.64. The molecule has 1 aromatic carbocycles. The molecular formula is C13H18O3Si. The van der Waals surface area contributed by atoms with Crippen LogP contribution in [0.1, 0.15) is 27.2 Å². The summed E-state index contributed by atoms with van der Waals surface area (Å²) in [6.07, 6.45) is -0.132. The van der Waals surface area contributed by atoms with E-state index in [9.17, 15) is 9.59 Å². The molecule has 1 aromatic rings. The predicted molar refractivity (Wildman–Crippen MR) is 70.1 cm³/mol. The van der Waals surface area contributed by atoms with Gasteiger partial charge < -0.3 is 4.74 Å². The number of hydrogen-bond donors (Lipinski definition) is 0. The number of ketones is 1. The topological polar surface area (TPSA) is 43.4 Å². The Kier molecular flexibility index (Phi) is 4.63. The number of hydrogen-bond acceptors (Lipinski definition) is 3. The van der Waals surface area contributed by atoms with E-state index in [1.54, 1.807) is 0 Å². The summed E-state index contributed by atoms with van der Waals surface area (Å²) in [5, 5.41) is 0.793. The molecule has 4 heteroatoms. The number of ether oxygens (including phenoxy) is 1. The fourth-order valence-electron chi connectivity index (χ4n) is 1.67. The molecule has 0 unspecified atom stereocenters. The second-order valence-corrected chi connectivity index (χ2v) is 7.65. The minimum Gasteiger partial charge on any atom is -0.464 e. The van der Waals surface area contributed by atoms with Crippen LogP contribution in [0.25, 0.3) is 0 Å². The summed E-state index contributed by atoms with van der Waals surface area (Å²) in [5.41, 5.74) is 0. The van der Waals surface area contributed by atoms with Gasteiger partial charge in [-0.15, -0.1) is 0 Å². The Bertz CT molecular complexity index is 398. The highest BCUT2D eigenvalue weighted by atomic mass is 28.2. The van der Waals surface area contributed by atoms with Gasteiger partial charge in [0.15, 0.2) is 0 Å². The summed E-state index contributed by atoms with van der Waals surface area (Å²) in [6, 6.07) is 10.0. The van der Waals surface area contributed by atoms with Crippen molar-refractivity contribution in [1.82, 2.24) is 0 Å². The second kappa shape index (κ2) is 5.77. The molecule has 0 aliphatic rings. The summed E-state index contributed by atoms with van der Waals surface area (Å²) < 4.78 is 5.35. The molecule has 17 heavy (non-hydrogen) atoms. The first kappa shape index (κ1) is 13.6. The van der Waals surface area contributed by atoms with Gasteiger partial charge in [-0.2, -0.15) is 0 Å². The van der Waals surface area contributed by atoms with Crippen molar-refractivity contribution in [3.8, 4) is 0 Å². The van der Waals surface area contributed by atoms with Crippen molar-refractivity contribution in [2.45, 2.75) is 32.4 Å². The van der Waals surface area contributed by atoms with Crippen molar-refractivity contribution in [2.75, 3.05) is 0 Å². The summed E-state index contributed by atoms with van der Waals surface area (Å²) >= 11 is 0. The van der Waals surface area contributed by atoms with Gasteiger partial charge >= 0.3 is 5.97 Å². The van der Waals surface area contributed by atoms with Crippen molar-refractivity contribution in [3.63, 3.8) is 0 Å². The molecule has 0 saturated heterocycles. The summed E-state index contributed by atoms with van der Waals surface area (Å²) in [6.45, 7) is 5.21. The fraction of sp³-hybridized carbons (Fsp3) is 0.385. The Morgan fingerprint density at radius 3 is 2.35 bits per heavy atom. The van der Waals surface area contributed by atoms with Gasteiger partial charge in [-0.25, -0.2) is 0 Å². The maximum absolute atomic E-state index is 11.4. The number of rotatable bonds is 5. The van der Waals surface area contributed by atoms with Gasteiger partial charge in [0.05, 0.1) is 5.22 Å². The number of carbonyl (C=O) groups is 2. The number of esters is 1. The van der Waals surface area contributed by atoms with Gasteiger partial charge in [-0.1, -0.05) is 35.5 Å². The van der Waals surface area contributed by atoms with Crippen LogP contribution in [0, 0.1) is 0 Å². The predicted octanol–water partition coefficient (Wildman–Crippen LogP) is 0.739. The zero-order chi connectivity index (χ0) is 12.9. The first-order chi connectivity index (χ1) is 7.89. The minimum absolute atomic E-state index is 0.132. The van der Waals surface area contributed by atoms with Gasteiger partial charge in [-0.3, -0.25) is 9.59 Å². The van der Waals surface area contributed by atoms with Crippen LogP contribution in [0.2, 0.25) is 0 Å². The molecule has 0 fully saturated rings. The van der Waals surface area contributed by atoms with Crippen molar-refractivity contribution < 1.29 is 14.3 Å². The molecule has 0 bridgehead atoms. The molecule has 0 saturated carbocycles. The SMILES string of the molecule is CC(=O)CC(=O)OC(C)(C)[SiH2]c1ccccc1. The highest BCUT2D eigenvalue weighted by Gasteiger charge is 2.24. The van der Waals surface area contributed by atoms with E-state index in [0.717, 1.165) is 0 Å². The normalized spacial score (nSPS) is 11.7. The molecule has 3 nitrogen and oxygen atoms in total. The van der Waals surface area contributed by atoms with Crippen LogP contribution in [-0.4, -0.2) is 26.5 Å². The monoisotopic (exact) mass is 250 g/mol.